The summed E-state index contributed by atoms with van der Waals surface area (Å²) in [6.07, 6.45) is 2.99. The first-order valence-electron chi connectivity index (χ1n) is 3.74. The average molecular weight is 127 g/mol. The summed E-state index contributed by atoms with van der Waals surface area (Å²) in [6.45, 7) is 3.11. The van der Waals surface area contributed by atoms with Gasteiger partial charge < -0.3 is 10.1 Å². The standard InChI is InChI=1S/C7H13NO/c1-5-7-4-6(8-7)2-3-9-5/h5-8H,2-4H2,1H3. The zero-order chi connectivity index (χ0) is 6.27. The maximum atomic E-state index is 5.49. The zero-order valence-electron chi connectivity index (χ0n) is 5.76. The van der Waals surface area contributed by atoms with Gasteiger partial charge >= 0.3 is 0 Å². The lowest BCUT2D eigenvalue weighted by atomic mass is 9.93. The molecule has 9 heavy (non-hydrogen) atoms. The molecule has 1 N–H and O–H groups in total. The van der Waals surface area contributed by atoms with Gasteiger partial charge in [0.2, 0.25) is 0 Å². The maximum absolute atomic E-state index is 5.49. The average Bonchev–Trinajstić information content (AvgIpc) is 1.93. The first-order chi connectivity index (χ1) is 4.36. The first-order valence-corrected chi connectivity index (χ1v) is 3.74. The predicted molar refractivity (Wildman–Crippen MR) is 35.4 cm³/mol. The summed E-state index contributed by atoms with van der Waals surface area (Å²) in [6, 6.07) is 1.44. The van der Waals surface area contributed by atoms with E-state index in [-0.39, 0.29) is 0 Å². The predicted octanol–water partition coefficient (Wildman–Crippen LogP) is 0.526. The Morgan fingerprint density at radius 3 is 3.11 bits per heavy atom. The Labute approximate surface area is 55.6 Å². The summed E-state index contributed by atoms with van der Waals surface area (Å²) < 4.78 is 5.49. The van der Waals surface area contributed by atoms with Crippen molar-refractivity contribution in [3.63, 3.8) is 0 Å². The van der Waals surface area contributed by atoms with Gasteiger partial charge in [-0.3, -0.25) is 0 Å². The molecule has 0 radical (unpaired) electrons. The van der Waals surface area contributed by atoms with Crippen LogP contribution in [-0.4, -0.2) is 24.8 Å². The van der Waals surface area contributed by atoms with E-state index in [9.17, 15) is 0 Å². The fourth-order valence-electron chi connectivity index (χ4n) is 1.63. The second-order valence-corrected chi connectivity index (χ2v) is 3.07. The van der Waals surface area contributed by atoms with Gasteiger partial charge in [-0.25, -0.2) is 0 Å². The van der Waals surface area contributed by atoms with E-state index >= 15 is 0 Å². The van der Waals surface area contributed by atoms with Gasteiger partial charge in [0.15, 0.2) is 0 Å². The molecule has 3 heterocycles. The Kier molecular flexibility index (Phi) is 1.24. The van der Waals surface area contributed by atoms with Crippen molar-refractivity contribution in [1.29, 1.82) is 0 Å². The molecule has 0 aliphatic carbocycles. The molecule has 3 fully saturated rings. The highest BCUT2D eigenvalue weighted by Crippen LogP contribution is 2.23. The van der Waals surface area contributed by atoms with Crippen LogP contribution < -0.4 is 5.32 Å². The Morgan fingerprint density at radius 2 is 2.33 bits per heavy atom. The van der Waals surface area contributed by atoms with Crippen molar-refractivity contribution in [2.24, 2.45) is 0 Å². The molecule has 3 rings (SSSR count). The van der Waals surface area contributed by atoms with Crippen LogP contribution in [0, 0.1) is 0 Å². The fourth-order valence-corrected chi connectivity index (χ4v) is 1.63. The molecule has 0 aromatic carbocycles. The van der Waals surface area contributed by atoms with Crippen LogP contribution in [0.5, 0.6) is 0 Å². The van der Waals surface area contributed by atoms with Crippen LogP contribution in [0.2, 0.25) is 0 Å². The summed E-state index contributed by atoms with van der Waals surface area (Å²) >= 11 is 0. The summed E-state index contributed by atoms with van der Waals surface area (Å²) in [5.74, 6) is 0. The monoisotopic (exact) mass is 127 g/mol. The van der Waals surface area contributed by atoms with E-state index in [0.29, 0.717) is 12.1 Å². The Hall–Kier alpha value is -0.0800. The molecular weight excluding hydrogens is 114 g/mol. The summed E-state index contributed by atoms with van der Waals surface area (Å²) in [5.41, 5.74) is 0. The van der Waals surface area contributed by atoms with Crippen LogP contribution >= 0.6 is 0 Å². The lowest BCUT2D eigenvalue weighted by molar-refractivity contribution is 0.0522. The van der Waals surface area contributed by atoms with E-state index in [1.54, 1.807) is 0 Å². The minimum Gasteiger partial charge on any atom is -0.377 e. The van der Waals surface area contributed by atoms with Crippen molar-refractivity contribution >= 4 is 0 Å². The van der Waals surface area contributed by atoms with Crippen LogP contribution in [0.15, 0.2) is 0 Å². The Balaban J connectivity index is 1.99. The van der Waals surface area contributed by atoms with E-state index in [2.05, 4.69) is 12.2 Å². The van der Waals surface area contributed by atoms with Crippen molar-refractivity contribution in [1.82, 2.24) is 5.32 Å². The highest BCUT2D eigenvalue weighted by molar-refractivity contribution is 4.94. The second-order valence-electron chi connectivity index (χ2n) is 3.07. The molecule has 2 nitrogen and oxygen atoms in total. The first kappa shape index (κ1) is 5.69. The van der Waals surface area contributed by atoms with Crippen molar-refractivity contribution < 1.29 is 4.74 Å². The minimum atomic E-state index is 0.448. The molecule has 52 valence electrons. The van der Waals surface area contributed by atoms with Gasteiger partial charge in [-0.1, -0.05) is 0 Å². The topological polar surface area (TPSA) is 21.3 Å². The molecular formula is C7H13NO. The summed E-state index contributed by atoms with van der Waals surface area (Å²) in [5, 5.41) is 3.47. The van der Waals surface area contributed by atoms with Crippen LogP contribution in [0.4, 0.5) is 0 Å². The molecule has 3 atom stereocenters. The lowest BCUT2D eigenvalue weighted by Crippen LogP contribution is -2.55. The number of hydrogen-bond acceptors (Lipinski definition) is 2. The van der Waals surface area contributed by atoms with Crippen molar-refractivity contribution in [3.8, 4) is 0 Å². The SMILES string of the molecule is CC1OCCC2CC1N2. The molecule has 0 saturated carbocycles. The highest BCUT2D eigenvalue weighted by atomic mass is 16.5. The number of nitrogens with one attached hydrogen (secondary N) is 1. The smallest absolute Gasteiger partial charge is 0.0700 e. The Morgan fingerprint density at radius 1 is 1.56 bits per heavy atom. The number of fused-ring (bicyclic) bond motifs is 3. The van der Waals surface area contributed by atoms with Gasteiger partial charge in [0.25, 0.3) is 0 Å². The van der Waals surface area contributed by atoms with Crippen LogP contribution in [0.25, 0.3) is 0 Å². The van der Waals surface area contributed by atoms with Crippen molar-refractivity contribution in [2.45, 2.75) is 38.0 Å². The number of rotatable bonds is 0. The van der Waals surface area contributed by atoms with E-state index in [1.165, 1.54) is 12.8 Å². The van der Waals surface area contributed by atoms with Gasteiger partial charge in [-0.15, -0.1) is 0 Å². The van der Waals surface area contributed by atoms with E-state index in [0.717, 1.165) is 12.6 Å². The molecule has 3 aliphatic rings. The van der Waals surface area contributed by atoms with E-state index in [4.69, 9.17) is 4.74 Å². The van der Waals surface area contributed by atoms with Gasteiger partial charge in [-0.2, -0.15) is 0 Å². The lowest BCUT2D eigenvalue weighted by Gasteiger charge is -2.36. The van der Waals surface area contributed by atoms with E-state index < -0.39 is 0 Å². The van der Waals surface area contributed by atoms with Crippen LogP contribution in [-0.2, 0) is 4.74 Å². The summed E-state index contributed by atoms with van der Waals surface area (Å²) in [4.78, 5) is 0. The van der Waals surface area contributed by atoms with Crippen molar-refractivity contribution in [2.75, 3.05) is 6.61 Å². The third-order valence-electron chi connectivity index (χ3n) is 2.40. The third-order valence-corrected chi connectivity index (χ3v) is 2.40. The maximum Gasteiger partial charge on any atom is 0.0700 e. The third kappa shape index (κ3) is 0.864. The molecule has 3 unspecified atom stereocenters. The number of ether oxygens (including phenoxy) is 1. The van der Waals surface area contributed by atoms with Gasteiger partial charge in [0, 0.05) is 18.7 Å². The zero-order valence-corrected chi connectivity index (χ0v) is 5.76. The van der Waals surface area contributed by atoms with Gasteiger partial charge in [-0.05, 0) is 19.8 Å². The molecule has 0 aromatic heterocycles. The number of hydrogen-bond donors (Lipinski definition) is 1. The largest absolute Gasteiger partial charge is 0.377 e. The molecule has 0 amide bonds. The van der Waals surface area contributed by atoms with Gasteiger partial charge in [0.1, 0.15) is 0 Å². The quantitative estimate of drug-likeness (QED) is 0.512. The molecule has 3 aliphatic heterocycles. The van der Waals surface area contributed by atoms with Crippen LogP contribution in [0.3, 0.4) is 0 Å². The molecule has 0 aromatic rings. The van der Waals surface area contributed by atoms with E-state index in [1.807, 2.05) is 0 Å². The fraction of sp³-hybridized carbons (Fsp3) is 1.00. The van der Waals surface area contributed by atoms with Crippen LogP contribution in [0.1, 0.15) is 19.8 Å². The second kappa shape index (κ2) is 1.96. The highest BCUT2D eigenvalue weighted by Gasteiger charge is 2.35. The van der Waals surface area contributed by atoms with Gasteiger partial charge in [0.05, 0.1) is 6.10 Å². The minimum absolute atomic E-state index is 0.448. The molecule has 2 heteroatoms. The normalized spacial score (nSPS) is 49.7. The Bertz CT molecular complexity index is 107. The summed E-state index contributed by atoms with van der Waals surface area (Å²) in [7, 11) is 0. The van der Waals surface area contributed by atoms with Crippen molar-refractivity contribution in [3.05, 3.63) is 0 Å². The molecule has 0 spiro atoms. The molecule has 2 bridgehead atoms. The molecule has 3 saturated heterocycles.